The van der Waals surface area contributed by atoms with Crippen LogP contribution in [0, 0.1) is 6.92 Å². The standard InChI is InChI=1S/C27H23Cl2NO4/c1-15(2)34-21-10-8-17(9-11-21)25(31)23-24(22-7-5-4-6-16(22)3)30(27(33)26(23)32)20-13-18(28)12-19(29)14-20/h4-15,24,31H,1-3H3/b25-23+. The van der Waals surface area contributed by atoms with Crippen LogP contribution in [0.25, 0.3) is 5.76 Å². The van der Waals surface area contributed by atoms with Gasteiger partial charge in [0.2, 0.25) is 0 Å². The molecule has 0 bridgehead atoms. The van der Waals surface area contributed by atoms with Gasteiger partial charge in [0.1, 0.15) is 11.5 Å². The lowest BCUT2D eigenvalue weighted by atomic mass is 9.92. The zero-order chi connectivity index (χ0) is 24.6. The monoisotopic (exact) mass is 495 g/mol. The number of hydrogen-bond donors (Lipinski definition) is 1. The van der Waals surface area contributed by atoms with Crippen molar-refractivity contribution in [2.75, 3.05) is 4.90 Å². The highest BCUT2D eigenvalue weighted by Gasteiger charge is 2.47. The van der Waals surface area contributed by atoms with Gasteiger partial charge in [-0.05, 0) is 74.4 Å². The van der Waals surface area contributed by atoms with Crippen molar-refractivity contribution in [3.63, 3.8) is 0 Å². The smallest absolute Gasteiger partial charge is 0.300 e. The molecule has 0 radical (unpaired) electrons. The third-order valence-corrected chi connectivity index (χ3v) is 5.99. The Morgan fingerprint density at radius 2 is 1.59 bits per heavy atom. The van der Waals surface area contributed by atoms with Crippen molar-refractivity contribution < 1.29 is 19.4 Å². The number of hydrogen-bond acceptors (Lipinski definition) is 4. The lowest BCUT2D eigenvalue weighted by molar-refractivity contribution is -0.132. The lowest BCUT2D eigenvalue weighted by Gasteiger charge is -2.27. The van der Waals surface area contributed by atoms with E-state index >= 15 is 0 Å². The van der Waals surface area contributed by atoms with Gasteiger partial charge in [-0.25, -0.2) is 0 Å². The molecule has 1 aliphatic heterocycles. The van der Waals surface area contributed by atoms with Crippen LogP contribution in [0.2, 0.25) is 10.0 Å². The zero-order valence-corrected chi connectivity index (χ0v) is 20.4. The molecule has 0 aromatic heterocycles. The maximum Gasteiger partial charge on any atom is 0.300 e. The van der Waals surface area contributed by atoms with Crippen molar-refractivity contribution in [1.82, 2.24) is 0 Å². The van der Waals surface area contributed by atoms with Crippen LogP contribution >= 0.6 is 23.2 Å². The van der Waals surface area contributed by atoms with Gasteiger partial charge >= 0.3 is 0 Å². The van der Waals surface area contributed by atoms with Gasteiger partial charge in [-0.15, -0.1) is 0 Å². The molecule has 0 spiro atoms. The average Bonchev–Trinajstić information content (AvgIpc) is 3.03. The fraction of sp³-hybridized carbons (Fsp3) is 0.185. The summed E-state index contributed by atoms with van der Waals surface area (Å²) in [5, 5.41) is 11.9. The molecule has 1 atom stereocenters. The van der Waals surface area contributed by atoms with Crippen LogP contribution in [0.4, 0.5) is 5.69 Å². The van der Waals surface area contributed by atoms with E-state index in [-0.39, 0.29) is 17.4 Å². The Balaban J connectivity index is 1.91. The van der Waals surface area contributed by atoms with Crippen LogP contribution < -0.4 is 9.64 Å². The number of benzene rings is 3. The maximum atomic E-state index is 13.3. The highest BCUT2D eigenvalue weighted by atomic mass is 35.5. The van der Waals surface area contributed by atoms with Gasteiger partial charge < -0.3 is 9.84 Å². The van der Waals surface area contributed by atoms with Crippen molar-refractivity contribution in [3.05, 3.63) is 99.0 Å². The number of halogens is 2. The number of Topliss-reactive ketones (excluding diaryl/α,β-unsaturated/α-hetero) is 1. The molecule has 1 unspecified atom stereocenters. The maximum absolute atomic E-state index is 13.3. The molecule has 4 rings (SSSR count). The molecule has 1 N–H and O–H groups in total. The number of carbonyl (C=O) groups is 2. The predicted octanol–water partition coefficient (Wildman–Crippen LogP) is 6.72. The van der Waals surface area contributed by atoms with Gasteiger partial charge in [-0.1, -0.05) is 47.5 Å². The molecule has 3 aromatic carbocycles. The second-order valence-electron chi connectivity index (χ2n) is 8.34. The van der Waals surface area contributed by atoms with E-state index in [1.54, 1.807) is 42.5 Å². The minimum atomic E-state index is -0.859. The first kappa shape index (κ1) is 23.9. The summed E-state index contributed by atoms with van der Waals surface area (Å²) >= 11 is 12.4. The topological polar surface area (TPSA) is 66.8 Å². The summed E-state index contributed by atoms with van der Waals surface area (Å²) in [7, 11) is 0. The van der Waals surface area contributed by atoms with E-state index in [0.717, 1.165) is 5.56 Å². The Morgan fingerprint density at radius 3 is 2.18 bits per heavy atom. The number of carbonyl (C=O) groups excluding carboxylic acids is 2. The molecule has 1 amide bonds. The third kappa shape index (κ3) is 4.54. The number of anilines is 1. The Labute approximate surface area is 208 Å². The van der Waals surface area contributed by atoms with E-state index in [9.17, 15) is 14.7 Å². The first-order valence-corrected chi connectivity index (χ1v) is 11.5. The van der Waals surface area contributed by atoms with Crippen LogP contribution in [-0.4, -0.2) is 22.9 Å². The Morgan fingerprint density at radius 1 is 0.971 bits per heavy atom. The van der Waals surface area contributed by atoms with Crippen molar-refractivity contribution in [1.29, 1.82) is 0 Å². The summed E-state index contributed by atoms with van der Waals surface area (Å²) in [6, 6.07) is 18.0. The molecule has 1 fully saturated rings. The number of ether oxygens (including phenoxy) is 1. The normalized spacial score (nSPS) is 17.5. The van der Waals surface area contributed by atoms with Crippen molar-refractivity contribution in [3.8, 4) is 5.75 Å². The molecule has 7 heteroatoms. The summed E-state index contributed by atoms with van der Waals surface area (Å²) in [6.07, 6.45) is -0.00431. The number of aliphatic hydroxyl groups excluding tert-OH is 1. The zero-order valence-electron chi connectivity index (χ0n) is 18.9. The van der Waals surface area contributed by atoms with Crippen LogP contribution in [-0.2, 0) is 9.59 Å². The number of aliphatic hydroxyl groups is 1. The molecule has 1 saturated heterocycles. The van der Waals surface area contributed by atoms with E-state index in [1.165, 1.54) is 4.90 Å². The van der Waals surface area contributed by atoms with Crippen molar-refractivity contribution in [2.24, 2.45) is 0 Å². The summed E-state index contributed by atoms with van der Waals surface area (Å²) in [5.41, 5.74) is 2.33. The molecular weight excluding hydrogens is 473 g/mol. The minimum absolute atomic E-state index is 0.00431. The quantitative estimate of drug-likeness (QED) is 0.242. The van der Waals surface area contributed by atoms with Crippen molar-refractivity contribution in [2.45, 2.75) is 32.9 Å². The molecule has 0 aliphatic carbocycles. The molecule has 5 nitrogen and oxygen atoms in total. The Hall–Kier alpha value is -3.28. The van der Waals surface area contributed by atoms with E-state index in [4.69, 9.17) is 27.9 Å². The number of rotatable bonds is 5. The van der Waals surface area contributed by atoms with Gasteiger partial charge in [0.25, 0.3) is 11.7 Å². The van der Waals surface area contributed by atoms with Gasteiger partial charge in [0.05, 0.1) is 17.7 Å². The van der Waals surface area contributed by atoms with Crippen LogP contribution in [0.3, 0.4) is 0 Å². The summed E-state index contributed by atoms with van der Waals surface area (Å²) in [5.74, 6) is -1.19. The number of nitrogens with zero attached hydrogens (tertiary/aromatic N) is 1. The summed E-state index contributed by atoms with van der Waals surface area (Å²) in [6.45, 7) is 5.72. The van der Waals surface area contributed by atoms with Crippen LogP contribution in [0.5, 0.6) is 5.75 Å². The lowest BCUT2D eigenvalue weighted by Crippen LogP contribution is -2.29. The van der Waals surface area contributed by atoms with E-state index in [0.29, 0.717) is 32.6 Å². The van der Waals surface area contributed by atoms with Gasteiger partial charge in [-0.3, -0.25) is 14.5 Å². The molecular formula is C27H23Cl2NO4. The third-order valence-electron chi connectivity index (χ3n) is 5.55. The van der Waals surface area contributed by atoms with Gasteiger partial charge in [0.15, 0.2) is 0 Å². The van der Waals surface area contributed by atoms with Gasteiger partial charge in [-0.2, -0.15) is 0 Å². The Bertz CT molecular complexity index is 1280. The van der Waals surface area contributed by atoms with Crippen molar-refractivity contribution >= 4 is 46.3 Å². The highest BCUT2D eigenvalue weighted by Crippen LogP contribution is 2.44. The average molecular weight is 496 g/mol. The minimum Gasteiger partial charge on any atom is -0.507 e. The fourth-order valence-corrected chi connectivity index (χ4v) is 4.60. The van der Waals surface area contributed by atoms with E-state index in [2.05, 4.69) is 0 Å². The Kier molecular flexibility index (Phi) is 6.69. The van der Waals surface area contributed by atoms with E-state index in [1.807, 2.05) is 45.0 Å². The fourth-order valence-electron chi connectivity index (χ4n) is 4.08. The molecule has 3 aromatic rings. The molecule has 0 saturated carbocycles. The van der Waals surface area contributed by atoms with Gasteiger partial charge in [0, 0.05) is 21.3 Å². The number of ketones is 1. The number of amides is 1. The second kappa shape index (κ2) is 9.53. The molecule has 1 aliphatic rings. The molecule has 1 heterocycles. The summed E-state index contributed by atoms with van der Waals surface area (Å²) in [4.78, 5) is 27.9. The predicted molar refractivity (Wildman–Crippen MR) is 135 cm³/mol. The highest BCUT2D eigenvalue weighted by molar-refractivity contribution is 6.52. The van der Waals surface area contributed by atoms with Crippen LogP contribution in [0.1, 0.15) is 36.6 Å². The first-order valence-electron chi connectivity index (χ1n) is 10.8. The molecule has 34 heavy (non-hydrogen) atoms. The SMILES string of the molecule is Cc1ccccc1C1/C(=C(\O)c2ccc(OC(C)C)cc2)C(=O)C(=O)N1c1cc(Cl)cc(Cl)c1. The second-order valence-corrected chi connectivity index (χ2v) is 9.22. The molecule has 174 valence electrons. The summed E-state index contributed by atoms with van der Waals surface area (Å²) < 4.78 is 5.66. The van der Waals surface area contributed by atoms with E-state index < -0.39 is 17.7 Å². The van der Waals surface area contributed by atoms with Crippen LogP contribution in [0.15, 0.2) is 72.3 Å². The first-order chi connectivity index (χ1) is 16.2. The largest absolute Gasteiger partial charge is 0.507 e. The number of aryl methyl sites for hydroxylation is 1.